The fraction of sp³-hybridized carbons (Fsp3) is 0.235. The third kappa shape index (κ3) is 4.17. The molecule has 2 aromatic rings. The molecule has 1 unspecified atom stereocenters. The van der Waals surface area contributed by atoms with Crippen LogP contribution in [-0.4, -0.2) is 41.5 Å². The van der Waals surface area contributed by atoms with E-state index in [1.54, 1.807) is 30.3 Å². The molecule has 0 aliphatic heterocycles. The Kier molecular flexibility index (Phi) is 5.61. The topological polar surface area (TPSA) is 82.0 Å². The number of phenols is 1. The van der Waals surface area contributed by atoms with E-state index in [4.69, 9.17) is 0 Å². The summed E-state index contributed by atoms with van der Waals surface area (Å²) in [5, 5.41) is 22.4. The van der Waals surface area contributed by atoms with Crippen LogP contribution in [0.3, 0.4) is 0 Å². The van der Waals surface area contributed by atoms with Crippen molar-refractivity contribution in [2.24, 2.45) is 0 Å². The highest BCUT2D eigenvalue weighted by atomic mass is 19.4. The Morgan fingerprint density at radius 3 is 2.38 bits per heavy atom. The first-order valence-corrected chi connectivity index (χ1v) is 7.40. The Morgan fingerprint density at radius 1 is 1.23 bits per heavy atom. The Hall–Kier alpha value is -2.94. The van der Waals surface area contributed by atoms with Crippen LogP contribution in [0.2, 0.25) is 0 Å². The zero-order chi connectivity index (χ0) is 19.5. The first kappa shape index (κ1) is 19.4. The number of anilines is 1. The molecule has 1 atom stereocenters. The van der Waals surface area contributed by atoms with Gasteiger partial charge in [0.1, 0.15) is 0 Å². The van der Waals surface area contributed by atoms with E-state index < -0.39 is 41.1 Å². The summed E-state index contributed by atoms with van der Waals surface area (Å²) in [6.07, 6.45) is -6.44. The number of alkyl halides is 3. The Labute approximate surface area is 147 Å². The number of halogens is 3. The van der Waals surface area contributed by atoms with E-state index >= 15 is 0 Å². The number of phenolic OH excluding ortho intramolecular Hbond substituents is 1. The van der Waals surface area contributed by atoms with Gasteiger partial charge in [-0.2, -0.15) is 13.2 Å². The van der Waals surface area contributed by atoms with E-state index in [2.05, 4.69) is 10.1 Å². The number of hydrogen-bond acceptors (Lipinski definition) is 5. The molecule has 0 aliphatic rings. The lowest BCUT2D eigenvalue weighted by Crippen LogP contribution is -2.42. The zero-order valence-electron chi connectivity index (χ0n) is 13.9. The quantitative estimate of drug-likeness (QED) is 0.705. The second kappa shape index (κ2) is 7.52. The van der Waals surface area contributed by atoms with Crippen LogP contribution in [0.25, 0.3) is 0 Å². The van der Waals surface area contributed by atoms with Crippen LogP contribution in [0, 0.1) is 0 Å². The molecule has 0 aromatic heterocycles. The summed E-state index contributed by atoms with van der Waals surface area (Å²) in [4.78, 5) is 13.2. The maximum absolute atomic E-state index is 13.3. The van der Waals surface area contributed by atoms with Gasteiger partial charge in [0.05, 0.1) is 18.2 Å². The van der Waals surface area contributed by atoms with Crippen molar-refractivity contribution in [1.29, 1.82) is 0 Å². The number of rotatable bonds is 5. The van der Waals surface area contributed by atoms with Crippen molar-refractivity contribution in [3.63, 3.8) is 0 Å². The van der Waals surface area contributed by atoms with Crippen molar-refractivity contribution in [3.8, 4) is 11.5 Å². The van der Waals surface area contributed by atoms with Gasteiger partial charge in [-0.25, -0.2) is 0 Å². The van der Waals surface area contributed by atoms with Gasteiger partial charge in [0.25, 0.3) is 5.91 Å². The number of carbonyl (C=O) groups excluding carboxylic acids is 1. The third-order valence-electron chi connectivity index (χ3n) is 3.61. The van der Waals surface area contributed by atoms with Gasteiger partial charge in [0.2, 0.25) is 6.35 Å². The summed E-state index contributed by atoms with van der Waals surface area (Å²) < 4.78 is 44.5. The molecule has 0 saturated heterocycles. The lowest BCUT2D eigenvalue weighted by molar-refractivity contribution is -0.138. The third-order valence-corrected chi connectivity index (χ3v) is 3.61. The number of methoxy groups -OCH3 is 1. The smallest absolute Gasteiger partial charge is 0.417 e. The van der Waals surface area contributed by atoms with Crippen LogP contribution >= 0.6 is 0 Å². The Morgan fingerprint density at radius 2 is 1.85 bits per heavy atom. The van der Waals surface area contributed by atoms with E-state index in [-0.39, 0.29) is 0 Å². The second-order valence-corrected chi connectivity index (χ2v) is 5.37. The van der Waals surface area contributed by atoms with Crippen LogP contribution in [0.4, 0.5) is 18.9 Å². The Balaban J connectivity index is 2.34. The number of aliphatic hydroxyl groups is 1. The molecular weight excluding hydrogens is 353 g/mol. The molecule has 1 amide bonds. The van der Waals surface area contributed by atoms with Crippen molar-refractivity contribution in [2.75, 3.05) is 19.5 Å². The van der Waals surface area contributed by atoms with Crippen LogP contribution in [0.15, 0.2) is 42.5 Å². The average molecular weight is 370 g/mol. The molecule has 0 heterocycles. The molecule has 9 heteroatoms. The maximum Gasteiger partial charge on any atom is 0.417 e. The minimum absolute atomic E-state index is 0.417. The van der Waals surface area contributed by atoms with E-state index in [1.807, 2.05) is 0 Å². The highest BCUT2D eigenvalue weighted by Gasteiger charge is 2.38. The van der Waals surface area contributed by atoms with Crippen molar-refractivity contribution in [3.05, 3.63) is 53.6 Å². The summed E-state index contributed by atoms with van der Waals surface area (Å²) in [6.45, 7) is 0. The fourth-order valence-electron chi connectivity index (χ4n) is 2.22. The lowest BCUT2D eigenvalue weighted by atomic mass is 10.0. The number of amides is 1. The number of aromatic hydroxyl groups is 1. The molecule has 6 nitrogen and oxygen atoms in total. The number of para-hydroxylation sites is 1. The molecule has 3 N–H and O–H groups in total. The number of benzene rings is 2. The number of nitrogens with zero attached hydrogens (tertiary/aromatic N) is 1. The number of hydrogen-bond donors (Lipinski definition) is 3. The Bertz CT molecular complexity index is 782. The largest absolute Gasteiger partial charge is 0.504 e. The van der Waals surface area contributed by atoms with Crippen molar-refractivity contribution < 1.29 is 32.9 Å². The van der Waals surface area contributed by atoms with E-state index in [9.17, 15) is 28.2 Å². The van der Waals surface area contributed by atoms with Gasteiger partial charge < -0.3 is 20.3 Å². The number of aliphatic hydroxyl groups excluding tert-OH is 1. The molecule has 2 aromatic carbocycles. The summed E-state index contributed by atoms with van der Waals surface area (Å²) in [5.74, 6) is -2.17. The van der Waals surface area contributed by atoms with E-state index in [1.165, 1.54) is 0 Å². The highest BCUT2D eigenvalue weighted by Crippen LogP contribution is 2.39. The van der Waals surface area contributed by atoms with Crippen LogP contribution < -0.4 is 10.1 Å². The van der Waals surface area contributed by atoms with Crippen LogP contribution in [0.1, 0.15) is 15.9 Å². The minimum atomic E-state index is -4.86. The van der Waals surface area contributed by atoms with Crippen molar-refractivity contribution in [2.45, 2.75) is 12.5 Å². The maximum atomic E-state index is 13.3. The van der Waals surface area contributed by atoms with Crippen LogP contribution in [-0.2, 0) is 6.18 Å². The number of nitrogens with one attached hydrogen (secondary N) is 1. The van der Waals surface area contributed by atoms with Gasteiger partial charge in [-0.15, -0.1) is 0 Å². The predicted molar refractivity (Wildman–Crippen MR) is 87.8 cm³/mol. The SMILES string of the molecule is COc1cc(C(F)(F)F)c(C(=O)N(C)C(O)Nc2ccccc2)cc1O. The molecule has 0 aliphatic carbocycles. The number of ether oxygens (including phenoxy) is 1. The van der Waals surface area contributed by atoms with Gasteiger partial charge in [0, 0.05) is 12.7 Å². The molecule has 0 saturated carbocycles. The van der Waals surface area contributed by atoms with E-state index in [0.717, 1.165) is 14.2 Å². The lowest BCUT2D eigenvalue weighted by Gasteiger charge is -2.26. The predicted octanol–water partition coefficient (Wildman–Crippen LogP) is 2.88. The average Bonchev–Trinajstić information content (AvgIpc) is 2.60. The first-order chi connectivity index (χ1) is 12.1. The molecule has 0 fully saturated rings. The van der Waals surface area contributed by atoms with Gasteiger partial charge in [-0.05, 0) is 24.3 Å². The van der Waals surface area contributed by atoms with Gasteiger partial charge in [-0.3, -0.25) is 9.69 Å². The van der Waals surface area contributed by atoms with Crippen LogP contribution in [0.5, 0.6) is 11.5 Å². The molecule has 0 spiro atoms. The monoisotopic (exact) mass is 370 g/mol. The van der Waals surface area contributed by atoms with Gasteiger partial charge >= 0.3 is 6.18 Å². The van der Waals surface area contributed by atoms with Gasteiger partial charge in [0.15, 0.2) is 11.5 Å². The normalized spacial score (nSPS) is 12.4. The summed E-state index contributed by atoms with van der Waals surface area (Å²) in [6, 6.07) is 9.52. The fourth-order valence-corrected chi connectivity index (χ4v) is 2.22. The second-order valence-electron chi connectivity index (χ2n) is 5.37. The first-order valence-electron chi connectivity index (χ1n) is 7.40. The standard InChI is InChI=1S/C17H17F3N2O4/c1-22(16(25)21-10-6-4-3-5-7-10)15(24)11-8-13(23)14(26-2)9-12(11)17(18,19)20/h3-9,16,21,23,25H,1-2H3. The minimum Gasteiger partial charge on any atom is -0.504 e. The molecule has 0 bridgehead atoms. The summed E-state index contributed by atoms with van der Waals surface area (Å²) in [5.41, 5.74) is -1.63. The molecule has 2 rings (SSSR count). The summed E-state index contributed by atoms with van der Waals surface area (Å²) in [7, 11) is 2.22. The van der Waals surface area contributed by atoms with E-state index in [0.29, 0.717) is 22.7 Å². The van der Waals surface area contributed by atoms with Crippen molar-refractivity contribution >= 4 is 11.6 Å². The summed E-state index contributed by atoms with van der Waals surface area (Å²) >= 11 is 0. The highest BCUT2D eigenvalue weighted by molar-refractivity contribution is 5.96. The molecule has 0 radical (unpaired) electrons. The molecule has 26 heavy (non-hydrogen) atoms. The zero-order valence-corrected chi connectivity index (χ0v) is 13.9. The molecule has 140 valence electrons. The van der Waals surface area contributed by atoms with Gasteiger partial charge in [-0.1, -0.05) is 18.2 Å². The number of carbonyl (C=O) groups is 1. The van der Waals surface area contributed by atoms with Crippen molar-refractivity contribution in [1.82, 2.24) is 4.90 Å². The molecular formula is C17H17F3N2O4.